The average molecular weight is 482 g/mol. The highest BCUT2D eigenvalue weighted by molar-refractivity contribution is 6.36. The molecule has 33 heavy (non-hydrogen) atoms. The number of hydrogen-bond acceptors (Lipinski definition) is 3. The van der Waals surface area contributed by atoms with Crippen LogP contribution in [0.25, 0.3) is 10.9 Å². The molecule has 2 N–H and O–H groups in total. The van der Waals surface area contributed by atoms with Crippen LogP contribution in [0, 0.1) is 0 Å². The van der Waals surface area contributed by atoms with Crippen molar-refractivity contribution in [1.29, 1.82) is 0 Å². The third kappa shape index (κ3) is 4.21. The van der Waals surface area contributed by atoms with E-state index in [0.29, 0.717) is 53.9 Å². The zero-order valence-electron chi connectivity index (χ0n) is 17.6. The number of nitrogens with one attached hydrogen (secondary N) is 2. The summed E-state index contributed by atoms with van der Waals surface area (Å²) in [5.41, 5.74) is 3.53. The topological polar surface area (TPSA) is 83.0 Å². The molecule has 0 saturated carbocycles. The largest absolute Gasteiger partial charge is 0.361 e. The van der Waals surface area contributed by atoms with Gasteiger partial charge in [-0.25, -0.2) is 0 Å². The summed E-state index contributed by atoms with van der Waals surface area (Å²) in [4.78, 5) is 30.6. The van der Waals surface area contributed by atoms with E-state index in [2.05, 4.69) is 21.5 Å². The minimum absolute atomic E-state index is 0.206. The van der Waals surface area contributed by atoms with Gasteiger partial charge in [0.15, 0.2) is 5.69 Å². The van der Waals surface area contributed by atoms with E-state index in [1.54, 1.807) is 33.8 Å². The predicted molar refractivity (Wildman–Crippen MR) is 128 cm³/mol. The second-order valence-corrected chi connectivity index (χ2v) is 8.74. The first-order valence-electron chi connectivity index (χ1n) is 10.6. The number of para-hydroxylation sites is 1. The number of aromatic nitrogens is 3. The molecule has 4 aromatic rings. The van der Waals surface area contributed by atoms with E-state index >= 15 is 0 Å². The summed E-state index contributed by atoms with van der Waals surface area (Å²) in [7, 11) is 0. The van der Waals surface area contributed by atoms with Crippen LogP contribution >= 0.6 is 23.2 Å². The van der Waals surface area contributed by atoms with Gasteiger partial charge in [0.25, 0.3) is 11.8 Å². The molecule has 3 heterocycles. The lowest BCUT2D eigenvalue weighted by atomic mass is 10.1. The maximum Gasteiger partial charge on any atom is 0.272 e. The van der Waals surface area contributed by atoms with Crippen LogP contribution in [0.3, 0.4) is 0 Å². The highest BCUT2D eigenvalue weighted by atomic mass is 35.5. The molecule has 9 heteroatoms. The molecule has 5 rings (SSSR count). The molecule has 2 amide bonds. The number of benzene rings is 2. The molecule has 2 aromatic heterocycles. The van der Waals surface area contributed by atoms with Crippen LogP contribution in [0.5, 0.6) is 0 Å². The number of rotatable bonds is 6. The van der Waals surface area contributed by atoms with E-state index in [1.165, 1.54) is 0 Å². The molecule has 0 bridgehead atoms. The molecule has 0 saturated heterocycles. The van der Waals surface area contributed by atoms with Crippen LogP contribution in [0.15, 0.2) is 54.7 Å². The molecular formula is C24H21Cl2N5O2. The number of aromatic amines is 1. The normalized spacial score (nSPS) is 13.4. The van der Waals surface area contributed by atoms with Crippen LogP contribution in [-0.2, 0) is 19.5 Å². The number of halogens is 2. The number of carbonyl (C=O) groups is 2. The zero-order chi connectivity index (χ0) is 22.9. The number of nitrogens with zero attached hydrogens (tertiary/aromatic N) is 3. The van der Waals surface area contributed by atoms with Gasteiger partial charge in [-0.15, -0.1) is 0 Å². The minimum Gasteiger partial charge on any atom is -0.361 e. The predicted octanol–water partition coefficient (Wildman–Crippen LogP) is 4.30. The lowest BCUT2D eigenvalue weighted by Gasteiger charge is -2.28. The fourth-order valence-corrected chi connectivity index (χ4v) is 4.63. The fourth-order valence-electron chi connectivity index (χ4n) is 4.11. The van der Waals surface area contributed by atoms with Crippen molar-refractivity contribution < 1.29 is 9.59 Å². The van der Waals surface area contributed by atoms with E-state index < -0.39 is 0 Å². The number of H-pyrrole nitrogens is 1. The van der Waals surface area contributed by atoms with Crippen LogP contribution in [0.4, 0.5) is 0 Å². The third-order valence-corrected chi connectivity index (χ3v) is 6.57. The number of fused-ring (bicyclic) bond motifs is 2. The first kappa shape index (κ1) is 21.6. The number of amides is 2. The zero-order valence-corrected chi connectivity index (χ0v) is 19.2. The van der Waals surface area contributed by atoms with Crippen molar-refractivity contribution in [1.82, 2.24) is 25.0 Å². The molecule has 0 unspecified atom stereocenters. The Balaban J connectivity index is 1.24. The van der Waals surface area contributed by atoms with Gasteiger partial charge in [-0.2, -0.15) is 5.10 Å². The minimum atomic E-state index is -0.301. The van der Waals surface area contributed by atoms with E-state index in [-0.39, 0.29) is 17.5 Å². The van der Waals surface area contributed by atoms with Crippen molar-refractivity contribution in [3.05, 3.63) is 87.3 Å². The molecule has 0 fully saturated rings. The Morgan fingerprint density at radius 2 is 1.88 bits per heavy atom. The molecule has 168 valence electrons. The summed E-state index contributed by atoms with van der Waals surface area (Å²) < 4.78 is 1.58. The molecule has 2 aromatic carbocycles. The molecule has 0 atom stereocenters. The van der Waals surface area contributed by atoms with Gasteiger partial charge in [0.2, 0.25) is 0 Å². The van der Waals surface area contributed by atoms with Gasteiger partial charge in [-0.05, 0) is 30.2 Å². The Labute approximate surface area is 200 Å². The smallest absolute Gasteiger partial charge is 0.272 e. The molecule has 1 aliphatic heterocycles. The highest BCUT2D eigenvalue weighted by Crippen LogP contribution is 2.27. The summed E-state index contributed by atoms with van der Waals surface area (Å²) in [6.07, 6.45) is 2.65. The van der Waals surface area contributed by atoms with Crippen LogP contribution in [0.2, 0.25) is 10.0 Å². The second kappa shape index (κ2) is 8.92. The molecule has 0 spiro atoms. The van der Waals surface area contributed by atoms with Gasteiger partial charge in [0, 0.05) is 58.4 Å². The molecule has 1 aliphatic rings. The summed E-state index contributed by atoms with van der Waals surface area (Å²) in [6.45, 7) is 1.71. The highest BCUT2D eigenvalue weighted by Gasteiger charge is 2.28. The Bertz CT molecular complexity index is 1340. The van der Waals surface area contributed by atoms with Crippen molar-refractivity contribution in [3.63, 3.8) is 0 Å². The van der Waals surface area contributed by atoms with Gasteiger partial charge >= 0.3 is 0 Å². The van der Waals surface area contributed by atoms with Gasteiger partial charge in [0.05, 0.1) is 6.54 Å². The Morgan fingerprint density at radius 1 is 1.09 bits per heavy atom. The SMILES string of the molecule is O=C(NCCc1c[nH]c2ccccc12)c1cc2n(n1)CCN(Cc1c(Cl)cccc1Cl)C2=O. The summed E-state index contributed by atoms with van der Waals surface area (Å²) in [5, 5.41) is 9.43. The summed E-state index contributed by atoms with van der Waals surface area (Å²) in [5.74, 6) is -0.507. The van der Waals surface area contributed by atoms with Crippen molar-refractivity contribution in [2.75, 3.05) is 13.1 Å². The molecular weight excluding hydrogens is 461 g/mol. The van der Waals surface area contributed by atoms with Crippen LogP contribution in [0.1, 0.15) is 32.1 Å². The maximum atomic E-state index is 13.0. The third-order valence-electron chi connectivity index (χ3n) is 5.87. The first-order valence-corrected chi connectivity index (χ1v) is 11.4. The standard InChI is InChI=1S/C24H21Cl2N5O2/c25-18-5-3-6-19(26)17(18)14-30-10-11-31-22(24(30)33)12-21(29-31)23(32)27-9-8-15-13-28-20-7-2-1-4-16(15)20/h1-7,12-13,28H,8-11,14H2,(H,27,32). The Kier molecular flexibility index (Phi) is 5.83. The Hall–Kier alpha value is -3.29. The first-order chi connectivity index (χ1) is 16.0. The number of carbonyl (C=O) groups excluding carboxylic acids is 2. The fraction of sp³-hybridized carbons (Fsp3) is 0.208. The monoisotopic (exact) mass is 481 g/mol. The van der Waals surface area contributed by atoms with E-state index in [0.717, 1.165) is 16.5 Å². The quantitative estimate of drug-likeness (QED) is 0.430. The van der Waals surface area contributed by atoms with Crippen molar-refractivity contribution in [3.8, 4) is 0 Å². The summed E-state index contributed by atoms with van der Waals surface area (Å²) >= 11 is 12.5. The van der Waals surface area contributed by atoms with Crippen LogP contribution in [-0.4, -0.2) is 44.6 Å². The van der Waals surface area contributed by atoms with E-state index in [1.807, 2.05) is 24.4 Å². The van der Waals surface area contributed by atoms with Gasteiger partial charge in [-0.3, -0.25) is 14.3 Å². The van der Waals surface area contributed by atoms with Crippen molar-refractivity contribution in [2.45, 2.75) is 19.5 Å². The lowest BCUT2D eigenvalue weighted by molar-refractivity contribution is 0.0683. The number of hydrogen-bond donors (Lipinski definition) is 2. The van der Waals surface area contributed by atoms with E-state index in [4.69, 9.17) is 23.2 Å². The van der Waals surface area contributed by atoms with Crippen molar-refractivity contribution >= 4 is 45.9 Å². The van der Waals surface area contributed by atoms with Gasteiger partial charge in [0.1, 0.15) is 5.69 Å². The van der Waals surface area contributed by atoms with E-state index in [9.17, 15) is 9.59 Å². The lowest BCUT2D eigenvalue weighted by Crippen LogP contribution is -2.39. The van der Waals surface area contributed by atoms with Gasteiger partial charge < -0.3 is 15.2 Å². The Morgan fingerprint density at radius 3 is 2.70 bits per heavy atom. The summed E-state index contributed by atoms with van der Waals surface area (Å²) in [6, 6.07) is 14.9. The molecule has 0 aliphatic carbocycles. The van der Waals surface area contributed by atoms with Crippen molar-refractivity contribution in [2.24, 2.45) is 0 Å². The molecule has 0 radical (unpaired) electrons. The van der Waals surface area contributed by atoms with Crippen LogP contribution < -0.4 is 5.32 Å². The molecule has 7 nitrogen and oxygen atoms in total. The van der Waals surface area contributed by atoms with Gasteiger partial charge in [-0.1, -0.05) is 47.5 Å². The second-order valence-electron chi connectivity index (χ2n) is 7.93. The maximum absolute atomic E-state index is 13.0. The average Bonchev–Trinajstić information content (AvgIpc) is 3.43.